The Labute approximate surface area is 209 Å². The average molecular weight is 540 g/mol. The Bertz CT molecular complexity index is 1240. The number of aliphatic hydroxyl groups excluding tert-OH is 2. The van der Waals surface area contributed by atoms with Crippen LogP contribution in [0.15, 0.2) is 65.1 Å². The highest BCUT2D eigenvalue weighted by molar-refractivity contribution is 9.10. The van der Waals surface area contributed by atoms with E-state index in [0.717, 1.165) is 4.47 Å². The second kappa shape index (κ2) is 11.1. The van der Waals surface area contributed by atoms with E-state index < -0.39 is 0 Å². The maximum absolute atomic E-state index is 10.8. The highest BCUT2D eigenvalue weighted by Gasteiger charge is 2.19. The topological polar surface area (TPSA) is 138 Å². The van der Waals surface area contributed by atoms with E-state index in [1.807, 2.05) is 24.3 Å². The molecule has 1 heterocycles. The molecule has 0 unspecified atom stereocenters. The molecule has 0 bridgehead atoms. The summed E-state index contributed by atoms with van der Waals surface area (Å²) in [7, 11) is 0. The van der Waals surface area contributed by atoms with Gasteiger partial charge in [-0.3, -0.25) is 0 Å². The van der Waals surface area contributed by atoms with Crippen LogP contribution in [0.4, 0.5) is 0 Å². The number of hydrogen-bond acceptors (Lipinski definition) is 9. The quantitative estimate of drug-likeness (QED) is 0.250. The van der Waals surface area contributed by atoms with E-state index in [1.54, 1.807) is 36.4 Å². The Morgan fingerprint density at radius 1 is 0.629 bits per heavy atom. The largest absolute Gasteiger partial charge is 0.504 e. The molecule has 3 aromatic carbocycles. The maximum Gasteiger partial charge on any atom is 0.168 e. The van der Waals surface area contributed by atoms with Crippen LogP contribution in [0.2, 0.25) is 0 Å². The van der Waals surface area contributed by atoms with Crippen molar-refractivity contribution < 1.29 is 29.9 Å². The second-order valence-electron chi connectivity index (χ2n) is 7.26. The minimum atomic E-state index is -0.207. The number of benzene rings is 3. The number of phenolic OH excluding ortho intramolecular Hbond substituents is 2. The molecule has 0 aliphatic carbocycles. The number of phenols is 2. The van der Waals surface area contributed by atoms with Crippen LogP contribution in [-0.4, -0.2) is 61.8 Å². The number of aromatic nitrogens is 3. The molecular formula is C25H22BrN3O6. The summed E-state index contributed by atoms with van der Waals surface area (Å²) in [6.45, 7) is -0.390. The van der Waals surface area contributed by atoms with E-state index in [2.05, 4.69) is 30.9 Å². The normalized spacial score (nSPS) is 10.8. The van der Waals surface area contributed by atoms with Gasteiger partial charge in [0.25, 0.3) is 0 Å². The molecule has 180 valence electrons. The van der Waals surface area contributed by atoms with Crippen LogP contribution in [0.5, 0.6) is 23.0 Å². The fourth-order valence-corrected chi connectivity index (χ4v) is 3.56. The maximum atomic E-state index is 10.8. The van der Waals surface area contributed by atoms with Crippen molar-refractivity contribution in [2.45, 2.75) is 0 Å². The number of hydrogen-bond donors (Lipinski definition) is 4. The molecule has 0 saturated heterocycles. The summed E-state index contributed by atoms with van der Waals surface area (Å²) in [5, 5.41) is 39.8. The van der Waals surface area contributed by atoms with E-state index in [-0.39, 0.29) is 72.2 Å². The van der Waals surface area contributed by atoms with Gasteiger partial charge in [-0.2, -0.15) is 0 Å². The molecular weight excluding hydrogens is 518 g/mol. The molecule has 0 spiro atoms. The zero-order chi connectivity index (χ0) is 24.8. The summed E-state index contributed by atoms with van der Waals surface area (Å²) in [6.07, 6.45) is 0. The van der Waals surface area contributed by atoms with Gasteiger partial charge in [0, 0.05) is 10.0 Å². The number of ether oxygens (including phenoxy) is 2. The number of aromatic hydroxyl groups is 2. The summed E-state index contributed by atoms with van der Waals surface area (Å²) in [5.74, 6) is 0.590. The summed E-state index contributed by atoms with van der Waals surface area (Å²) in [6, 6.07) is 17.1. The first-order chi connectivity index (χ1) is 17.0. The molecule has 10 heteroatoms. The van der Waals surface area contributed by atoms with E-state index in [4.69, 9.17) is 19.7 Å². The van der Waals surface area contributed by atoms with Crippen molar-refractivity contribution in [3.8, 4) is 57.2 Å². The number of para-hydroxylation sites is 2. The van der Waals surface area contributed by atoms with Crippen molar-refractivity contribution in [3.63, 3.8) is 0 Å². The molecule has 4 rings (SSSR count). The Balaban J connectivity index is 1.89. The van der Waals surface area contributed by atoms with Crippen LogP contribution in [0.25, 0.3) is 34.2 Å². The number of halogens is 1. The lowest BCUT2D eigenvalue weighted by Crippen LogP contribution is -2.04. The predicted molar refractivity (Wildman–Crippen MR) is 132 cm³/mol. The molecule has 0 saturated carbocycles. The molecule has 0 amide bonds. The van der Waals surface area contributed by atoms with Gasteiger partial charge in [-0.15, -0.1) is 0 Å². The van der Waals surface area contributed by atoms with Gasteiger partial charge in [-0.1, -0.05) is 40.2 Å². The molecule has 0 atom stereocenters. The standard InChI is InChI=1S/C25H22BrN3O6/c26-16-9-7-15(8-10-16)23-27-24(17-3-1-5-19(21(17)32)34-13-11-30)29-25(28-23)18-4-2-6-20(22(18)33)35-14-12-31/h1-10,30-33H,11-14H2. The fraction of sp³-hybridized carbons (Fsp3) is 0.160. The van der Waals surface area contributed by atoms with E-state index in [1.165, 1.54) is 0 Å². The minimum Gasteiger partial charge on any atom is -0.504 e. The molecule has 9 nitrogen and oxygen atoms in total. The summed E-state index contributed by atoms with van der Waals surface area (Å²) >= 11 is 3.41. The van der Waals surface area contributed by atoms with Gasteiger partial charge in [0.2, 0.25) is 0 Å². The molecule has 0 aliphatic rings. The van der Waals surface area contributed by atoms with Crippen molar-refractivity contribution in [1.82, 2.24) is 15.0 Å². The lowest BCUT2D eigenvalue weighted by atomic mass is 10.1. The second-order valence-corrected chi connectivity index (χ2v) is 8.18. The Kier molecular flexibility index (Phi) is 7.76. The average Bonchev–Trinajstić information content (AvgIpc) is 2.87. The van der Waals surface area contributed by atoms with Crippen molar-refractivity contribution in [1.29, 1.82) is 0 Å². The first-order valence-electron chi connectivity index (χ1n) is 10.7. The third-order valence-corrected chi connectivity index (χ3v) is 5.44. The smallest absolute Gasteiger partial charge is 0.168 e. The van der Waals surface area contributed by atoms with Crippen LogP contribution < -0.4 is 9.47 Å². The third-order valence-electron chi connectivity index (χ3n) is 4.92. The number of rotatable bonds is 9. The summed E-state index contributed by atoms with van der Waals surface area (Å²) in [5.41, 5.74) is 1.27. The Hall–Kier alpha value is -3.73. The molecule has 1 aromatic heterocycles. The lowest BCUT2D eigenvalue weighted by Gasteiger charge is -2.13. The van der Waals surface area contributed by atoms with Crippen LogP contribution in [0, 0.1) is 0 Å². The van der Waals surface area contributed by atoms with Crippen molar-refractivity contribution in [2.24, 2.45) is 0 Å². The lowest BCUT2D eigenvalue weighted by molar-refractivity contribution is 0.197. The predicted octanol–water partition coefficient (Wildman–Crippen LogP) is 3.79. The summed E-state index contributed by atoms with van der Waals surface area (Å²) in [4.78, 5) is 13.6. The zero-order valence-corrected chi connectivity index (χ0v) is 20.0. The Morgan fingerprint density at radius 3 is 1.54 bits per heavy atom. The van der Waals surface area contributed by atoms with E-state index in [0.29, 0.717) is 11.4 Å². The van der Waals surface area contributed by atoms with Gasteiger partial charge in [0.05, 0.1) is 24.3 Å². The van der Waals surface area contributed by atoms with Gasteiger partial charge >= 0.3 is 0 Å². The molecule has 0 aliphatic heterocycles. The fourth-order valence-electron chi connectivity index (χ4n) is 3.29. The monoisotopic (exact) mass is 539 g/mol. The highest BCUT2D eigenvalue weighted by Crippen LogP contribution is 2.39. The van der Waals surface area contributed by atoms with E-state index >= 15 is 0 Å². The zero-order valence-electron chi connectivity index (χ0n) is 18.4. The number of aliphatic hydroxyl groups is 2. The van der Waals surface area contributed by atoms with Gasteiger partial charge in [0.15, 0.2) is 40.5 Å². The Morgan fingerprint density at radius 2 is 1.09 bits per heavy atom. The van der Waals surface area contributed by atoms with Crippen molar-refractivity contribution in [3.05, 3.63) is 65.1 Å². The van der Waals surface area contributed by atoms with Crippen LogP contribution >= 0.6 is 15.9 Å². The third kappa shape index (κ3) is 5.51. The van der Waals surface area contributed by atoms with Gasteiger partial charge < -0.3 is 29.9 Å². The van der Waals surface area contributed by atoms with Crippen LogP contribution in [0.3, 0.4) is 0 Å². The molecule has 4 aromatic rings. The van der Waals surface area contributed by atoms with Crippen LogP contribution in [0.1, 0.15) is 0 Å². The molecule has 35 heavy (non-hydrogen) atoms. The first-order valence-corrected chi connectivity index (χ1v) is 11.4. The molecule has 0 radical (unpaired) electrons. The number of nitrogens with zero attached hydrogens (tertiary/aromatic N) is 3. The van der Waals surface area contributed by atoms with Crippen molar-refractivity contribution >= 4 is 15.9 Å². The SMILES string of the molecule is OCCOc1cccc(-c2nc(-c3ccc(Br)cc3)nc(-c3cccc(OCCO)c3O)n2)c1O. The van der Waals surface area contributed by atoms with Gasteiger partial charge in [-0.05, 0) is 36.4 Å². The molecule has 0 fully saturated rings. The van der Waals surface area contributed by atoms with Crippen LogP contribution in [-0.2, 0) is 0 Å². The van der Waals surface area contributed by atoms with Crippen molar-refractivity contribution in [2.75, 3.05) is 26.4 Å². The van der Waals surface area contributed by atoms with Gasteiger partial charge in [-0.25, -0.2) is 15.0 Å². The summed E-state index contributed by atoms with van der Waals surface area (Å²) < 4.78 is 11.7. The highest BCUT2D eigenvalue weighted by atomic mass is 79.9. The minimum absolute atomic E-state index is 0.0120. The van der Waals surface area contributed by atoms with Gasteiger partial charge in [0.1, 0.15) is 13.2 Å². The first kappa shape index (κ1) is 24.4. The molecule has 4 N–H and O–H groups in total. The van der Waals surface area contributed by atoms with E-state index in [9.17, 15) is 10.2 Å².